The molecule has 1 N–H and O–H groups in total. The number of amides is 1. The second-order valence-corrected chi connectivity index (χ2v) is 5.91. The molecular weight excluding hydrogens is 270 g/mol. The number of carboxylic acid groups (broad SMARTS) is 1. The minimum atomic E-state index is -0.977. The Balaban J connectivity index is 2.21. The van der Waals surface area contributed by atoms with E-state index in [2.05, 4.69) is 0 Å². The van der Waals surface area contributed by atoms with Gasteiger partial charge in [-0.05, 0) is 23.9 Å². The number of hydrogen-bond acceptors (Lipinski definition) is 4. The largest absolute Gasteiger partial charge is 0.480 e. The number of nitrogens with zero attached hydrogens (tertiary/aromatic N) is 1. The number of hydrogen-bond donors (Lipinski definition) is 1. The molecule has 0 aromatic carbocycles. The lowest BCUT2D eigenvalue weighted by atomic mass is 10.3. The smallest absolute Gasteiger partial charge is 0.323 e. The predicted octanol–water partition coefficient (Wildman–Crippen LogP) is 2.90. The summed E-state index contributed by atoms with van der Waals surface area (Å²) in [6.07, 6.45) is 0.749. The van der Waals surface area contributed by atoms with E-state index in [0.717, 1.165) is 15.8 Å². The lowest BCUT2D eigenvalue weighted by molar-refractivity contribution is -0.137. The van der Waals surface area contributed by atoms with Crippen molar-refractivity contribution in [2.24, 2.45) is 0 Å². The van der Waals surface area contributed by atoms with Crippen molar-refractivity contribution in [1.29, 1.82) is 0 Å². The SMILES string of the molecule is CCCN(CC(=O)O)C(=O)c1cc2sccc2s1. The Hall–Kier alpha value is -1.40. The van der Waals surface area contributed by atoms with Gasteiger partial charge >= 0.3 is 5.97 Å². The Kier molecular flexibility index (Phi) is 3.98. The van der Waals surface area contributed by atoms with E-state index in [4.69, 9.17) is 5.11 Å². The lowest BCUT2D eigenvalue weighted by Crippen LogP contribution is -2.35. The van der Waals surface area contributed by atoms with E-state index in [0.29, 0.717) is 11.4 Å². The van der Waals surface area contributed by atoms with Crippen LogP contribution in [-0.2, 0) is 4.79 Å². The number of rotatable bonds is 5. The van der Waals surface area contributed by atoms with Crippen LogP contribution in [0.1, 0.15) is 23.0 Å². The van der Waals surface area contributed by atoms with Crippen molar-refractivity contribution in [1.82, 2.24) is 4.90 Å². The van der Waals surface area contributed by atoms with Crippen molar-refractivity contribution in [3.8, 4) is 0 Å². The molecule has 2 aromatic rings. The summed E-state index contributed by atoms with van der Waals surface area (Å²) in [6.45, 7) is 2.16. The van der Waals surface area contributed by atoms with Crippen LogP contribution in [0, 0.1) is 0 Å². The van der Waals surface area contributed by atoms with Gasteiger partial charge in [0.25, 0.3) is 5.91 Å². The normalized spacial score (nSPS) is 10.7. The lowest BCUT2D eigenvalue weighted by Gasteiger charge is -2.18. The molecule has 0 radical (unpaired) electrons. The van der Waals surface area contributed by atoms with E-state index < -0.39 is 5.97 Å². The van der Waals surface area contributed by atoms with Crippen LogP contribution in [0.2, 0.25) is 0 Å². The molecule has 2 heterocycles. The van der Waals surface area contributed by atoms with Crippen molar-refractivity contribution in [2.45, 2.75) is 13.3 Å². The zero-order chi connectivity index (χ0) is 13.1. The van der Waals surface area contributed by atoms with Gasteiger partial charge in [0.2, 0.25) is 0 Å². The third-order valence-electron chi connectivity index (χ3n) is 2.46. The second-order valence-electron chi connectivity index (χ2n) is 3.88. The number of aliphatic carboxylic acids is 1. The second kappa shape index (κ2) is 5.49. The van der Waals surface area contributed by atoms with Gasteiger partial charge in [-0.2, -0.15) is 0 Å². The number of fused-ring (bicyclic) bond motifs is 1. The molecule has 0 saturated heterocycles. The van der Waals surface area contributed by atoms with Crippen molar-refractivity contribution in [3.05, 3.63) is 22.4 Å². The first-order valence-corrected chi connectivity index (χ1v) is 7.29. The van der Waals surface area contributed by atoms with Crippen LogP contribution in [0.15, 0.2) is 17.5 Å². The van der Waals surface area contributed by atoms with E-state index in [1.54, 1.807) is 11.3 Å². The van der Waals surface area contributed by atoms with Crippen LogP contribution >= 0.6 is 22.7 Å². The molecular formula is C12H13NO3S2. The Bertz CT molecular complexity index is 544. The first kappa shape index (κ1) is 13.0. The number of thiophene rings is 2. The average Bonchev–Trinajstić information content (AvgIpc) is 2.86. The summed E-state index contributed by atoms with van der Waals surface area (Å²) in [6, 6.07) is 3.82. The van der Waals surface area contributed by atoms with Crippen molar-refractivity contribution < 1.29 is 14.7 Å². The number of carboxylic acids is 1. The van der Waals surface area contributed by atoms with Crippen LogP contribution in [0.5, 0.6) is 0 Å². The van der Waals surface area contributed by atoms with Crippen molar-refractivity contribution in [3.63, 3.8) is 0 Å². The maximum atomic E-state index is 12.2. The molecule has 6 heteroatoms. The third-order valence-corrected chi connectivity index (χ3v) is 4.54. The zero-order valence-corrected chi connectivity index (χ0v) is 11.5. The summed E-state index contributed by atoms with van der Waals surface area (Å²) in [5, 5.41) is 10.8. The first-order valence-electron chi connectivity index (χ1n) is 5.60. The van der Waals surface area contributed by atoms with Gasteiger partial charge in [0.1, 0.15) is 6.54 Å². The Morgan fingerprint density at radius 3 is 2.78 bits per heavy atom. The van der Waals surface area contributed by atoms with Gasteiger partial charge < -0.3 is 10.0 Å². The summed E-state index contributed by atoms with van der Waals surface area (Å²) in [7, 11) is 0. The third kappa shape index (κ3) is 2.70. The molecule has 0 unspecified atom stereocenters. The van der Waals surface area contributed by atoms with Crippen LogP contribution in [0.3, 0.4) is 0 Å². The first-order chi connectivity index (χ1) is 8.61. The molecule has 0 atom stereocenters. The molecule has 4 nitrogen and oxygen atoms in total. The maximum absolute atomic E-state index is 12.2. The molecule has 2 aromatic heterocycles. The van der Waals surface area contributed by atoms with Gasteiger partial charge in [0.05, 0.1) is 4.88 Å². The molecule has 0 bridgehead atoms. The van der Waals surface area contributed by atoms with Crippen LogP contribution < -0.4 is 0 Å². The zero-order valence-electron chi connectivity index (χ0n) is 9.88. The molecule has 2 rings (SSSR count). The van der Waals surface area contributed by atoms with Crippen molar-refractivity contribution in [2.75, 3.05) is 13.1 Å². The fourth-order valence-corrected chi connectivity index (χ4v) is 3.79. The molecule has 0 aliphatic heterocycles. The van der Waals surface area contributed by atoms with E-state index in [-0.39, 0.29) is 12.5 Å². The summed E-state index contributed by atoms with van der Waals surface area (Å²) < 4.78 is 2.16. The number of carbonyl (C=O) groups is 2. The Labute approximate surface area is 112 Å². The molecule has 0 aliphatic carbocycles. The van der Waals surface area contributed by atoms with Crippen LogP contribution in [0.4, 0.5) is 0 Å². The van der Waals surface area contributed by atoms with Gasteiger partial charge in [-0.15, -0.1) is 22.7 Å². The highest BCUT2D eigenvalue weighted by atomic mass is 32.1. The Morgan fingerprint density at radius 1 is 1.39 bits per heavy atom. The minimum absolute atomic E-state index is 0.187. The number of carbonyl (C=O) groups excluding carboxylic acids is 1. The monoisotopic (exact) mass is 283 g/mol. The molecule has 0 spiro atoms. The summed E-state index contributed by atoms with van der Waals surface area (Å²) in [5.41, 5.74) is 0. The molecule has 1 amide bonds. The van der Waals surface area contributed by atoms with Gasteiger partial charge in [-0.1, -0.05) is 6.92 Å². The van der Waals surface area contributed by atoms with Crippen LogP contribution in [-0.4, -0.2) is 35.0 Å². The van der Waals surface area contributed by atoms with Gasteiger partial charge in [0, 0.05) is 15.9 Å². The molecule has 0 saturated carbocycles. The Morgan fingerprint density at radius 2 is 2.17 bits per heavy atom. The van der Waals surface area contributed by atoms with Crippen molar-refractivity contribution >= 4 is 43.9 Å². The topological polar surface area (TPSA) is 57.6 Å². The molecule has 18 heavy (non-hydrogen) atoms. The minimum Gasteiger partial charge on any atom is -0.480 e. The van der Waals surface area contributed by atoms with Gasteiger partial charge in [0.15, 0.2) is 0 Å². The van der Waals surface area contributed by atoms with Gasteiger partial charge in [-0.3, -0.25) is 9.59 Å². The van der Waals surface area contributed by atoms with E-state index in [1.165, 1.54) is 16.2 Å². The molecule has 0 aliphatic rings. The summed E-state index contributed by atoms with van der Waals surface area (Å²) >= 11 is 3.01. The van der Waals surface area contributed by atoms with E-state index in [1.807, 2.05) is 24.4 Å². The summed E-state index contributed by atoms with van der Waals surface area (Å²) in [5.74, 6) is -1.16. The highest BCUT2D eigenvalue weighted by Crippen LogP contribution is 2.30. The quantitative estimate of drug-likeness (QED) is 0.918. The fourth-order valence-electron chi connectivity index (χ4n) is 1.71. The maximum Gasteiger partial charge on any atom is 0.323 e. The van der Waals surface area contributed by atoms with Gasteiger partial charge in [-0.25, -0.2) is 0 Å². The van der Waals surface area contributed by atoms with E-state index >= 15 is 0 Å². The van der Waals surface area contributed by atoms with E-state index in [9.17, 15) is 9.59 Å². The molecule has 0 fully saturated rings. The predicted molar refractivity (Wildman–Crippen MR) is 73.5 cm³/mol. The molecule has 96 valence electrons. The fraction of sp³-hybridized carbons (Fsp3) is 0.333. The van der Waals surface area contributed by atoms with Crippen LogP contribution in [0.25, 0.3) is 9.40 Å². The highest BCUT2D eigenvalue weighted by molar-refractivity contribution is 7.27. The standard InChI is InChI=1S/C12H13NO3S2/c1-2-4-13(7-11(14)15)12(16)10-6-9-8(18-10)3-5-17-9/h3,5-6H,2,4,7H2,1H3,(H,14,15). The summed E-state index contributed by atoms with van der Waals surface area (Å²) in [4.78, 5) is 25.0. The average molecular weight is 283 g/mol. The highest BCUT2D eigenvalue weighted by Gasteiger charge is 2.20.